The van der Waals surface area contributed by atoms with E-state index in [-0.39, 0.29) is 11.4 Å². The molecular formula is C6H10OS. The molecule has 1 aliphatic rings. The van der Waals surface area contributed by atoms with Crippen molar-refractivity contribution in [2.75, 3.05) is 0 Å². The Morgan fingerprint density at radius 3 is 2.75 bits per heavy atom. The summed E-state index contributed by atoms with van der Waals surface area (Å²) in [6.45, 7) is 0. The van der Waals surface area contributed by atoms with Crippen LogP contribution in [0.5, 0.6) is 0 Å². The Bertz CT molecular complexity index is 101. The zero-order valence-electron chi connectivity index (χ0n) is 4.62. The Labute approximate surface area is 54.8 Å². The van der Waals surface area contributed by atoms with Gasteiger partial charge in [-0.15, -0.1) is 0 Å². The molecule has 0 radical (unpaired) electrons. The van der Waals surface area contributed by atoms with E-state index in [1.54, 1.807) is 6.08 Å². The molecule has 1 rings (SSSR count). The first kappa shape index (κ1) is 6.17. The highest BCUT2D eigenvalue weighted by Crippen LogP contribution is 2.15. The summed E-state index contributed by atoms with van der Waals surface area (Å²) in [5, 5.41) is 9.18. The molecule has 46 valence electrons. The summed E-state index contributed by atoms with van der Waals surface area (Å²) >= 11 is 4.15. The van der Waals surface area contributed by atoms with E-state index in [0.29, 0.717) is 0 Å². The fourth-order valence-electron chi connectivity index (χ4n) is 0.802. The zero-order chi connectivity index (χ0) is 5.98. The molecule has 0 bridgehead atoms. The number of hydrogen-bond acceptors (Lipinski definition) is 2. The van der Waals surface area contributed by atoms with E-state index in [0.717, 1.165) is 12.8 Å². The molecule has 1 aliphatic carbocycles. The van der Waals surface area contributed by atoms with Crippen molar-refractivity contribution >= 4 is 12.6 Å². The fraction of sp³-hybridized carbons (Fsp3) is 0.667. The molecule has 0 aromatic rings. The number of allylic oxidation sites excluding steroid dienone is 1. The molecule has 0 aromatic heterocycles. The van der Waals surface area contributed by atoms with Gasteiger partial charge in [-0.3, -0.25) is 0 Å². The molecule has 0 spiro atoms. The van der Waals surface area contributed by atoms with Gasteiger partial charge < -0.3 is 5.11 Å². The maximum atomic E-state index is 9.01. The fourth-order valence-corrected chi connectivity index (χ4v) is 1.05. The highest BCUT2D eigenvalue weighted by molar-refractivity contribution is 7.81. The molecule has 0 saturated heterocycles. The van der Waals surface area contributed by atoms with Gasteiger partial charge in [-0.05, 0) is 12.8 Å². The number of aliphatic hydroxyl groups excluding tert-OH is 1. The molecule has 0 saturated carbocycles. The van der Waals surface area contributed by atoms with Gasteiger partial charge in [0.2, 0.25) is 0 Å². The third-order valence-corrected chi connectivity index (χ3v) is 1.92. The summed E-state index contributed by atoms with van der Waals surface area (Å²) in [5.41, 5.74) is 0. The quantitative estimate of drug-likeness (QED) is 0.370. The molecule has 0 heterocycles. The summed E-state index contributed by atoms with van der Waals surface area (Å²) in [4.78, 5) is 0. The lowest BCUT2D eigenvalue weighted by molar-refractivity contribution is 0.211. The number of thiol groups is 1. The highest BCUT2D eigenvalue weighted by atomic mass is 32.1. The van der Waals surface area contributed by atoms with Crippen LogP contribution in [0.2, 0.25) is 0 Å². The number of aliphatic hydroxyl groups is 1. The Morgan fingerprint density at radius 2 is 2.38 bits per heavy atom. The molecule has 8 heavy (non-hydrogen) atoms. The summed E-state index contributed by atoms with van der Waals surface area (Å²) in [6, 6.07) is 0. The Hall–Kier alpha value is 0.0500. The second kappa shape index (κ2) is 2.55. The number of hydrogen-bond donors (Lipinski definition) is 2. The summed E-state index contributed by atoms with van der Waals surface area (Å²) in [7, 11) is 0. The lowest BCUT2D eigenvalue weighted by Crippen LogP contribution is -2.20. The van der Waals surface area contributed by atoms with Crippen molar-refractivity contribution in [1.82, 2.24) is 0 Å². The summed E-state index contributed by atoms with van der Waals surface area (Å²) in [6.07, 6.45) is 5.55. The van der Waals surface area contributed by atoms with Gasteiger partial charge in [0.15, 0.2) is 0 Å². The third kappa shape index (κ3) is 1.26. The largest absolute Gasteiger partial charge is 0.388 e. The van der Waals surface area contributed by atoms with E-state index < -0.39 is 0 Å². The maximum Gasteiger partial charge on any atom is 0.0837 e. The lowest BCUT2D eigenvalue weighted by Gasteiger charge is -2.17. The first-order valence-corrected chi connectivity index (χ1v) is 3.35. The van der Waals surface area contributed by atoms with Gasteiger partial charge in [-0.1, -0.05) is 12.2 Å². The normalized spacial score (nSPS) is 37.8. The van der Waals surface area contributed by atoms with Crippen LogP contribution in [0.15, 0.2) is 12.2 Å². The predicted octanol–water partition coefficient (Wildman–Crippen LogP) is 0.996. The summed E-state index contributed by atoms with van der Waals surface area (Å²) in [5.74, 6) is 0. The standard InChI is InChI=1S/C6H10OS/c7-5-3-1-2-4-6(5)8/h1,3,5-8H,2,4H2. The van der Waals surface area contributed by atoms with Gasteiger partial charge >= 0.3 is 0 Å². The first-order chi connectivity index (χ1) is 3.80. The number of rotatable bonds is 0. The van der Waals surface area contributed by atoms with E-state index in [2.05, 4.69) is 12.6 Å². The van der Waals surface area contributed by atoms with Crippen LogP contribution in [-0.2, 0) is 0 Å². The van der Waals surface area contributed by atoms with Crippen molar-refractivity contribution in [3.8, 4) is 0 Å². The van der Waals surface area contributed by atoms with Crippen LogP contribution in [0.4, 0.5) is 0 Å². The van der Waals surface area contributed by atoms with Crippen molar-refractivity contribution < 1.29 is 5.11 Å². The minimum absolute atomic E-state index is 0.167. The van der Waals surface area contributed by atoms with Gasteiger partial charge in [0.05, 0.1) is 6.10 Å². The van der Waals surface area contributed by atoms with Gasteiger partial charge in [-0.25, -0.2) is 0 Å². The maximum absolute atomic E-state index is 9.01. The Morgan fingerprint density at radius 1 is 1.62 bits per heavy atom. The molecule has 1 N–H and O–H groups in total. The average Bonchev–Trinajstić information content (AvgIpc) is 1.77. The van der Waals surface area contributed by atoms with Crippen LogP contribution in [0.3, 0.4) is 0 Å². The van der Waals surface area contributed by atoms with Crippen molar-refractivity contribution in [3.05, 3.63) is 12.2 Å². The van der Waals surface area contributed by atoms with Gasteiger partial charge in [0.25, 0.3) is 0 Å². The van der Waals surface area contributed by atoms with Gasteiger partial charge in [-0.2, -0.15) is 12.6 Å². The van der Waals surface area contributed by atoms with Crippen LogP contribution >= 0.6 is 12.6 Å². The minimum atomic E-state index is -0.313. The van der Waals surface area contributed by atoms with E-state index in [1.165, 1.54) is 0 Å². The van der Waals surface area contributed by atoms with Gasteiger partial charge in [0, 0.05) is 5.25 Å². The van der Waals surface area contributed by atoms with Crippen molar-refractivity contribution in [2.45, 2.75) is 24.2 Å². The molecular weight excluding hydrogens is 120 g/mol. The van der Waals surface area contributed by atoms with Crippen LogP contribution in [0.25, 0.3) is 0 Å². The minimum Gasteiger partial charge on any atom is -0.388 e. The van der Waals surface area contributed by atoms with E-state index in [1.807, 2.05) is 6.08 Å². The zero-order valence-corrected chi connectivity index (χ0v) is 5.51. The topological polar surface area (TPSA) is 20.2 Å². The Kier molecular flexibility index (Phi) is 1.97. The Balaban J connectivity index is 2.47. The van der Waals surface area contributed by atoms with Crippen LogP contribution in [0, 0.1) is 0 Å². The second-order valence-electron chi connectivity index (χ2n) is 2.06. The van der Waals surface area contributed by atoms with Crippen molar-refractivity contribution in [2.24, 2.45) is 0 Å². The van der Waals surface area contributed by atoms with E-state index in [9.17, 15) is 0 Å². The first-order valence-electron chi connectivity index (χ1n) is 2.83. The van der Waals surface area contributed by atoms with Crippen LogP contribution < -0.4 is 0 Å². The predicted molar refractivity (Wildman–Crippen MR) is 37.2 cm³/mol. The van der Waals surface area contributed by atoms with E-state index in [4.69, 9.17) is 5.11 Å². The molecule has 1 nitrogen and oxygen atoms in total. The van der Waals surface area contributed by atoms with Gasteiger partial charge in [0.1, 0.15) is 0 Å². The van der Waals surface area contributed by atoms with Crippen molar-refractivity contribution in [1.29, 1.82) is 0 Å². The second-order valence-corrected chi connectivity index (χ2v) is 2.73. The van der Waals surface area contributed by atoms with Crippen molar-refractivity contribution in [3.63, 3.8) is 0 Å². The summed E-state index contributed by atoms with van der Waals surface area (Å²) < 4.78 is 0. The monoisotopic (exact) mass is 130 g/mol. The van der Waals surface area contributed by atoms with E-state index >= 15 is 0 Å². The highest BCUT2D eigenvalue weighted by Gasteiger charge is 2.13. The molecule has 2 heteroatoms. The van der Waals surface area contributed by atoms with Crippen LogP contribution in [-0.4, -0.2) is 16.5 Å². The average molecular weight is 130 g/mol. The van der Waals surface area contributed by atoms with Crippen LogP contribution in [0.1, 0.15) is 12.8 Å². The molecule has 0 aromatic carbocycles. The molecule has 2 unspecified atom stereocenters. The molecule has 0 amide bonds. The SMILES string of the molecule is OC1C=CCCC1S. The molecule has 0 aliphatic heterocycles. The molecule has 0 fully saturated rings. The lowest BCUT2D eigenvalue weighted by atomic mass is 10.1. The molecule has 2 atom stereocenters. The smallest absolute Gasteiger partial charge is 0.0837 e. The third-order valence-electron chi connectivity index (χ3n) is 1.36.